The molecule has 0 saturated carbocycles. The summed E-state index contributed by atoms with van der Waals surface area (Å²) in [6.45, 7) is -0.0216. The predicted molar refractivity (Wildman–Crippen MR) is 62.8 cm³/mol. The van der Waals surface area contributed by atoms with E-state index >= 15 is 0 Å². The first kappa shape index (κ1) is 14.0. The van der Waals surface area contributed by atoms with Gasteiger partial charge in [0, 0.05) is 18.3 Å². The minimum absolute atomic E-state index is 0.0216. The van der Waals surface area contributed by atoms with Gasteiger partial charge in [-0.3, -0.25) is 4.79 Å². The second kappa shape index (κ2) is 4.93. The summed E-state index contributed by atoms with van der Waals surface area (Å²) in [7, 11) is 0. The lowest BCUT2D eigenvalue weighted by atomic mass is 10.2. The SMILES string of the molecule is NCc1ccc(C(F)(F)F)nc1-n1ccc(C(N)=O)n1. The Bertz CT molecular complexity index is 650. The van der Waals surface area contributed by atoms with Crippen LogP contribution >= 0.6 is 0 Å². The molecule has 4 N–H and O–H groups in total. The van der Waals surface area contributed by atoms with Gasteiger partial charge in [-0.25, -0.2) is 9.67 Å². The fraction of sp³-hybridized carbons (Fsp3) is 0.182. The van der Waals surface area contributed by atoms with Crippen molar-refractivity contribution >= 4 is 5.91 Å². The molecule has 0 aliphatic rings. The summed E-state index contributed by atoms with van der Waals surface area (Å²) in [4.78, 5) is 14.4. The topological polar surface area (TPSA) is 99.8 Å². The Kier molecular flexibility index (Phi) is 3.45. The van der Waals surface area contributed by atoms with E-state index in [1.54, 1.807) is 0 Å². The Balaban J connectivity index is 2.55. The first-order chi connectivity index (χ1) is 9.32. The highest BCUT2D eigenvalue weighted by molar-refractivity contribution is 5.90. The van der Waals surface area contributed by atoms with Gasteiger partial charge in [-0.2, -0.15) is 18.3 Å². The van der Waals surface area contributed by atoms with E-state index in [0.717, 1.165) is 10.7 Å². The number of primary amides is 1. The zero-order valence-corrected chi connectivity index (χ0v) is 10.1. The van der Waals surface area contributed by atoms with Crippen molar-refractivity contribution in [3.05, 3.63) is 41.3 Å². The summed E-state index contributed by atoms with van der Waals surface area (Å²) in [5, 5.41) is 3.77. The summed E-state index contributed by atoms with van der Waals surface area (Å²) in [6.07, 6.45) is -3.29. The molecule has 0 aromatic carbocycles. The van der Waals surface area contributed by atoms with Crippen LogP contribution in [0.5, 0.6) is 0 Å². The highest BCUT2D eigenvalue weighted by Gasteiger charge is 2.33. The molecular formula is C11H10F3N5O. The first-order valence-electron chi connectivity index (χ1n) is 5.46. The highest BCUT2D eigenvalue weighted by Crippen LogP contribution is 2.28. The summed E-state index contributed by atoms with van der Waals surface area (Å²) in [5.41, 5.74) is 9.71. The molecule has 2 aromatic heterocycles. The number of hydrogen-bond donors (Lipinski definition) is 2. The van der Waals surface area contributed by atoms with Crippen LogP contribution in [0.25, 0.3) is 5.82 Å². The standard InChI is InChI=1S/C11H10F3N5O/c12-11(13,14)8-2-1-6(5-15)10(17-8)19-4-3-7(18-19)9(16)20/h1-4H,5,15H2,(H2,16,20). The van der Waals surface area contributed by atoms with Crippen molar-refractivity contribution in [3.63, 3.8) is 0 Å². The molecule has 20 heavy (non-hydrogen) atoms. The van der Waals surface area contributed by atoms with Crippen LogP contribution in [-0.4, -0.2) is 20.7 Å². The van der Waals surface area contributed by atoms with E-state index in [2.05, 4.69) is 10.1 Å². The molecule has 0 unspecified atom stereocenters. The highest BCUT2D eigenvalue weighted by atomic mass is 19.4. The summed E-state index contributed by atoms with van der Waals surface area (Å²) in [6, 6.07) is 3.34. The molecule has 2 heterocycles. The van der Waals surface area contributed by atoms with Crippen LogP contribution < -0.4 is 11.5 Å². The van der Waals surface area contributed by atoms with Crippen molar-refractivity contribution in [2.75, 3.05) is 0 Å². The lowest BCUT2D eigenvalue weighted by molar-refractivity contribution is -0.141. The maximum absolute atomic E-state index is 12.7. The van der Waals surface area contributed by atoms with Crippen molar-refractivity contribution in [3.8, 4) is 5.82 Å². The van der Waals surface area contributed by atoms with Crippen LogP contribution in [0.4, 0.5) is 13.2 Å². The van der Waals surface area contributed by atoms with Crippen LogP contribution in [0, 0.1) is 0 Å². The van der Waals surface area contributed by atoms with E-state index in [4.69, 9.17) is 11.5 Å². The van der Waals surface area contributed by atoms with Crippen molar-refractivity contribution in [1.29, 1.82) is 0 Å². The van der Waals surface area contributed by atoms with Gasteiger partial charge in [0.1, 0.15) is 11.4 Å². The number of carbonyl (C=O) groups excluding carboxylic acids is 1. The lowest BCUT2D eigenvalue weighted by Crippen LogP contribution is -2.16. The Morgan fingerprint density at radius 1 is 1.30 bits per heavy atom. The Labute approximate surface area is 111 Å². The number of alkyl halides is 3. The number of rotatable bonds is 3. The molecule has 0 aliphatic carbocycles. The van der Waals surface area contributed by atoms with Gasteiger partial charge in [-0.05, 0) is 12.1 Å². The maximum Gasteiger partial charge on any atom is 0.433 e. The maximum atomic E-state index is 12.7. The third-order valence-corrected chi connectivity index (χ3v) is 2.52. The molecular weight excluding hydrogens is 275 g/mol. The normalized spacial score (nSPS) is 11.6. The minimum atomic E-state index is -4.58. The van der Waals surface area contributed by atoms with Crippen LogP contribution in [-0.2, 0) is 12.7 Å². The molecule has 2 rings (SSSR count). The van der Waals surface area contributed by atoms with Crippen LogP contribution in [0.15, 0.2) is 24.4 Å². The van der Waals surface area contributed by atoms with Crippen LogP contribution in [0.1, 0.15) is 21.7 Å². The molecule has 6 nitrogen and oxygen atoms in total. The fourth-order valence-electron chi connectivity index (χ4n) is 1.57. The van der Waals surface area contributed by atoms with E-state index in [1.807, 2.05) is 0 Å². The van der Waals surface area contributed by atoms with Gasteiger partial charge in [0.2, 0.25) is 0 Å². The Morgan fingerprint density at radius 2 is 2.00 bits per heavy atom. The lowest BCUT2D eigenvalue weighted by Gasteiger charge is -2.11. The monoisotopic (exact) mass is 285 g/mol. The van der Waals surface area contributed by atoms with Gasteiger partial charge >= 0.3 is 6.18 Å². The number of hydrogen-bond acceptors (Lipinski definition) is 4. The van der Waals surface area contributed by atoms with Crippen molar-refractivity contribution in [1.82, 2.24) is 14.8 Å². The van der Waals surface area contributed by atoms with E-state index in [-0.39, 0.29) is 18.1 Å². The van der Waals surface area contributed by atoms with E-state index in [9.17, 15) is 18.0 Å². The number of amides is 1. The van der Waals surface area contributed by atoms with Crippen molar-refractivity contribution < 1.29 is 18.0 Å². The van der Waals surface area contributed by atoms with Crippen molar-refractivity contribution in [2.24, 2.45) is 11.5 Å². The third-order valence-electron chi connectivity index (χ3n) is 2.52. The Hall–Kier alpha value is -2.42. The molecule has 0 fully saturated rings. The molecule has 0 bridgehead atoms. The zero-order chi connectivity index (χ0) is 14.9. The van der Waals surface area contributed by atoms with E-state index in [1.165, 1.54) is 18.3 Å². The zero-order valence-electron chi connectivity index (χ0n) is 10.1. The fourth-order valence-corrected chi connectivity index (χ4v) is 1.57. The molecule has 9 heteroatoms. The number of aromatic nitrogens is 3. The summed E-state index contributed by atoms with van der Waals surface area (Å²) in [5.74, 6) is -0.875. The third kappa shape index (κ3) is 2.62. The smallest absolute Gasteiger partial charge is 0.364 e. The van der Waals surface area contributed by atoms with Gasteiger partial charge < -0.3 is 11.5 Å². The minimum Gasteiger partial charge on any atom is -0.364 e. The average Bonchev–Trinajstić information content (AvgIpc) is 2.86. The molecule has 0 saturated heterocycles. The van der Waals surface area contributed by atoms with Gasteiger partial charge in [0.15, 0.2) is 5.82 Å². The summed E-state index contributed by atoms with van der Waals surface area (Å²) >= 11 is 0. The number of carbonyl (C=O) groups is 1. The second-order valence-electron chi connectivity index (χ2n) is 3.89. The second-order valence-corrected chi connectivity index (χ2v) is 3.89. The summed E-state index contributed by atoms with van der Waals surface area (Å²) < 4.78 is 39.0. The molecule has 0 aliphatic heterocycles. The molecule has 0 spiro atoms. The predicted octanol–water partition coefficient (Wildman–Crippen LogP) is 0.844. The van der Waals surface area contributed by atoms with Gasteiger partial charge in [-0.1, -0.05) is 6.07 Å². The number of nitrogens with zero attached hydrogens (tertiary/aromatic N) is 3. The molecule has 0 atom stereocenters. The number of halogens is 3. The first-order valence-corrected chi connectivity index (χ1v) is 5.46. The van der Waals surface area contributed by atoms with Gasteiger partial charge in [-0.15, -0.1) is 0 Å². The number of pyridine rings is 1. The number of nitrogens with two attached hydrogens (primary N) is 2. The molecule has 0 radical (unpaired) electrons. The Morgan fingerprint density at radius 3 is 2.50 bits per heavy atom. The molecule has 2 aromatic rings. The van der Waals surface area contributed by atoms with Gasteiger partial charge in [0.25, 0.3) is 5.91 Å². The van der Waals surface area contributed by atoms with E-state index < -0.39 is 17.8 Å². The van der Waals surface area contributed by atoms with E-state index in [0.29, 0.717) is 5.56 Å². The van der Waals surface area contributed by atoms with Crippen LogP contribution in [0.3, 0.4) is 0 Å². The van der Waals surface area contributed by atoms with Crippen LogP contribution in [0.2, 0.25) is 0 Å². The quantitative estimate of drug-likeness (QED) is 0.872. The van der Waals surface area contributed by atoms with Gasteiger partial charge in [0.05, 0.1) is 0 Å². The molecule has 106 valence electrons. The largest absolute Gasteiger partial charge is 0.433 e. The average molecular weight is 285 g/mol. The van der Waals surface area contributed by atoms with Crippen molar-refractivity contribution in [2.45, 2.75) is 12.7 Å². The molecule has 1 amide bonds.